The smallest absolute Gasteiger partial charge is 0.228 e. The largest absolute Gasteiger partial charge is 0.379 e. The van der Waals surface area contributed by atoms with E-state index in [1.54, 1.807) is 0 Å². The fourth-order valence-corrected chi connectivity index (χ4v) is 3.41. The number of ether oxygens (including phenoxy) is 1. The minimum Gasteiger partial charge on any atom is -0.379 e. The Morgan fingerprint density at radius 3 is 2.57 bits per heavy atom. The monoisotopic (exact) mass is 317 g/mol. The summed E-state index contributed by atoms with van der Waals surface area (Å²) >= 11 is 0. The second-order valence-electron chi connectivity index (χ2n) is 6.28. The summed E-state index contributed by atoms with van der Waals surface area (Å²) in [6.45, 7) is 6.25. The Morgan fingerprint density at radius 1 is 1.17 bits per heavy atom. The van der Waals surface area contributed by atoms with Crippen molar-refractivity contribution in [2.24, 2.45) is 0 Å². The third-order valence-corrected chi connectivity index (χ3v) is 4.72. The minimum atomic E-state index is 0.245. The van der Waals surface area contributed by atoms with Gasteiger partial charge >= 0.3 is 0 Å². The maximum atomic E-state index is 12.9. The highest BCUT2D eigenvalue weighted by molar-refractivity contribution is 5.94. The summed E-state index contributed by atoms with van der Waals surface area (Å²) < 4.78 is 5.37. The van der Waals surface area contributed by atoms with Crippen molar-refractivity contribution >= 4 is 11.6 Å². The highest BCUT2D eigenvalue weighted by atomic mass is 16.5. The number of carbonyl (C=O) groups is 1. The molecule has 1 N–H and O–H groups in total. The van der Waals surface area contributed by atoms with Crippen molar-refractivity contribution in [3.63, 3.8) is 0 Å². The minimum absolute atomic E-state index is 0.245. The first-order chi connectivity index (χ1) is 11.3. The molecule has 5 nitrogen and oxygen atoms in total. The van der Waals surface area contributed by atoms with Crippen LogP contribution in [-0.4, -0.2) is 62.8 Å². The lowest BCUT2D eigenvalue weighted by Crippen LogP contribution is -2.47. The SMILES string of the molecule is O=C(CCN1CCOCC1)N(c1ccccc1)C1CCNCC1. The van der Waals surface area contributed by atoms with Crippen LogP contribution < -0.4 is 10.2 Å². The van der Waals surface area contributed by atoms with Crippen LogP contribution in [0.25, 0.3) is 0 Å². The van der Waals surface area contributed by atoms with Gasteiger partial charge in [-0.3, -0.25) is 9.69 Å². The number of benzene rings is 1. The molecule has 5 heteroatoms. The number of amides is 1. The van der Waals surface area contributed by atoms with Crippen molar-refractivity contribution < 1.29 is 9.53 Å². The number of anilines is 1. The molecule has 23 heavy (non-hydrogen) atoms. The van der Waals surface area contributed by atoms with E-state index in [4.69, 9.17) is 4.74 Å². The van der Waals surface area contributed by atoms with Crippen LogP contribution in [0.2, 0.25) is 0 Å². The Balaban J connectivity index is 1.65. The Kier molecular flexibility index (Phi) is 6.02. The molecule has 0 spiro atoms. The number of nitrogens with zero attached hydrogens (tertiary/aromatic N) is 2. The van der Waals surface area contributed by atoms with Crippen molar-refractivity contribution in [2.75, 3.05) is 50.8 Å². The Bertz CT molecular complexity index is 482. The zero-order chi connectivity index (χ0) is 15.9. The van der Waals surface area contributed by atoms with Crippen molar-refractivity contribution in [3.05, 3.63) is 30.3 Å². The molecule has 0 saturated carbocycles. The number of hydrogen-bond acceptors (Lipinski definition) is 4. The van der Waals surface area contributed by atoms with Gasteiger partial charge in [0.1, 0.15) is 0 Å². The molecule has 1 aromatic rings. The number of hydrogen-bond donors (Lipinski definition) is 1. The van der Waals surface area contributed by atoms with E-state index in [-0.39, 0.29) is 5.91 Å². The zero-order valence-corrected chi connectivity index (χ0v) is 13.7. The maximum Gasteiger partial charge on any atom is 0.228 e. The summed E-state index contributed by atoms with van der Waals surface area (Å²) in [7, 11) is 0. The standard InChI is InChI=1S/C18H27N3O2/c22-18(8-11-20-12-14-23-15-13-20)21(16-4-2-1-3-5-16)17-6-9-19-10-7-17/h1-5,17,19H,6-15H2. The maximum absolute atomic E-state index is 12.9. The Hall–Kier alpha value is -1.43. The quantitative estimate of drug-likeness (QED) is 0.894. The van der Waals surface area contributed by atoms with Gasteiger partial charge in [0.2, 0.25) is 5.91 Å². The normalized spacial score (nSPS) is 20.3. The first-order valence-corrected chi connectivity index (χ1v) is 8.72. The molecule has 0 bridgehead atoms. The molecule has 2 aliphatic rings. The molecule has 3 rings (SSSR count). The predicted octanol–water partition coefficient (Wildman–Crippen LogP) is 1.49. The first kappa shape index (κ1) is 16.4. The molecule has 1 amide bonds. The van der Waals surface area contributed by atoms with Gasteiger partial charge in [0.05, 0.1) is 13.2 Å². The molecule has 126 valence electrons. The van der Waals surface area contributed by atoms with E-state index in [0.717, 1.165) is 64.5 Å². The molecule has 2 saturated heterocycles. The Morgan fingerprint density at radius 2 is 1.87 bits per heavy atom. The first-order valence-electron chi connectivity index (χ1n) is 8.72. The molecule has 2 aliphatic heterocycles. The lowest BCUT2D eigenvalue weighted by Gasteiger charge is -2.35. The number of nitrogens with one attached hydrogen (secondary N) is 1. The van der Waals surface area contributed by atoms with Crippen LogP contribution >= 0.6 is 0 Å². The van der Waals surface area contributed by atoms with Crippen molar-refractivity contribution in [1.82, 2.24) is 10.2 Å². The third-order valence-electron chi connectivity index (χ3n) is 4.72. The summed E-state index contributed by atoms with van der Waals surface area (Å²) in [6, 6.07) is 10.4. The summed E-state index contributed by atoms with van der Waals surface area (Å²) in [5, 5.41) is 3.38. The van der Waals surface area contributed by atoms with E-state index in [0.29, 0.717) is 12.5 Å². The second-order valence-corrected chi connectivity index (χ2v) is 6.28. The van der Waals surface area contributed by atoms with Crippen LogP contribution in [0.15, 0.2) is 30.3 Å². The van der Waals surface area contributed by atoms with Crippen LogP contribution in [-0.2, 0) is 9.53 Å². The van der Waals surface area contributed by atoms with Gasteiger partial charge in [-0.25, -0.2) is 0 Å². The van der Waals surface area contributed by atoms with Crippen LogP contribution in [0.5, 0.6) is 0 Å². The van der Waals surface area contributed by atoms with Gasteiger partial charge in [-0.05, 0) is 38.1 Å². The molecule has 1 aromatic carbocycles. The average molecular weight is 317 g/mol. The van der Waals surface area contributed by atoms with Crippen LogP contribution in [0, 0.1) is 0 Å². The molecule has 2 heterocycles. The van der Waals surface area contributed by atoms with Crippen molar-refractivity contribution in [1.29, 1.82) is 0 Å². The molecule has 0 aromatic heterocycles. The third kappa shape index (κ3) is 4.53. The average Bonchev–Trinajstić information content (AvgIpc) is 2.63. The van der Waals surface area contributed by atoms with Gasteiger partial charge in [0.25, 0.3) is 0 Å². The zero-order valence-electron chi connectivity index (χ0n) is 13.7. The van der Waals surface area contributed by atoms with Gasteiger partial charge in [0.15, 0.2) is 0 Å². The van der Waals surface area contributed by atoms with Gasteiger partial charge in [-0.1, -0.05) is 18.2 Å². The topological polar surface area (TPSA) is 44.8 Å². The van der Waals surface area contributed by atoms with Gasteiger partial charge < -0.3 is 15.0 Å². The summed E-state index contributed by atoms with van der Waals surface area (Å²) in [5.74, 6) is 0.245. The van der Waals surface area contributed by atoms with Crippen molar-refractivity contribution in [3.8, 4) is 0 Å². The molecule has 0 unspecified atom stereocenters. The highest BCUT2D eigenvalue weighted by Gasteiger charge is 2.26. The highest BCUT2D eigenvalue weighted by Crippen LogP contribution is 2.22. The summed E-state index contributed by atoms with van der Waals surface area (Å²) in [6.07, 6.45) is 2.63. The van der Waals surface area contributed by atoms with E-state index in [1.165, 1.54) is 0 Å². The Labute approximate surface area is 138 Å². The lowest BCUT2D eigenvalue weighted by molar-refractivity contribution is -0.119. The summed E-state index contributed by atoms with van der Waals surface area (Å²) in [4.78, 5) is 17.3. The molecule has 2 fully saturated rings. The number of rotatable bonds is 5. The number of morpholine rings is 1. The molecule has 0 radical (unpaired) electrons. The van der Waals surface area contributed by atoms with E-state index < -0.39 is 0 Å². The van der Waals surface area contributed by atoms with E-state index >= 15 is 0 Å². The second kappa shape index (κ2) is 8.43. The lowest BCUT2D eigenvalue weighted by atomic mass is 10.0. The molecule has 0 aliphatic carbocycles. The molecular formula is C18H27N3O2. The van der Waals surface area contributed by atoms with Gasteiger partial charge in [0, 0.05) is 37.8 Å². The van der Waals surface area contributed by atoms with E-state index in [9.17, 15) is 4.79 Å². The van der Waals surface area contributed by atoms with Crippen LogP contribution in [0.4, 0.5) is 5.69 Å². The number of carbonyl (C=O) groups excluding carboxylic acids is 1. The van der Waals surface area contributed by atoms with E-state index in [2.05, 4.69) is 22.3 Å². The van der Waals surface area contributed by atoms with Crippen molar-refractivity contribution in [2.45, 2.75) is 25.3 Å². The molecule has 0 atom stereocenters. The molecular weight excluding hydrogens is 290 g/mol. The fourth-order valence-electron chi connectivity index (χ4n) is 3.41. The van der Waals surface area contributed by atoms with E-state index in [1.807, 2.05) is 23.1 Å². The van der Waals surface area contributed by atoms with Gasteiger partial charge in [-0.15, -0.1) is 0 Å². The fraction of sp³-hybridized carbons (Fsp3) is 0.611. The van der Waals surface area contributed by atoms with Crippen LogP contribution in [0.3, 0.4) is 0 Å². The van der Waals surface area contributed by atoms with Crippen LogP contribution in [0.1, 0.15) is 19.3 Å². The number of para-hydroxylation sites is 1. The predicted molar refractivity (Wildman–Crippen MR) is 91.7 cm³/mol. The summed E-state index contributed by atoms with van der Waals surface area (Å²) in [5.41, 5.74) is 1.03. The number of piperidine rings is 1. The van der Waals surface area contributed by atoms with Gasteiger partial charge in [-0.2, -0.15) is 0 Å².